The number of hydrogen-bond donors (Lipinski definition) is 0. The summed E-state index contributed by atoms with van der Waals surface area (Å²) < 4.78 is 2.20. The monoisotopic (exact) mass is 337 g/mol. The third-order valence-corrected chi connectivity index (χ3v) is 4.89. The van der Waals surface area contributed by atoms with E-state index in [-0.39, 0.29) is 0 Å². The predicted octanol–water partition coefficient (Wildman–Crippen LogP) is 5.24. The Morgan fingerprint density at radius 2 is 1.69 bits per heavy atom. The van der Waals surface area contributed by atoms with Gasteiger partial charge in [-0.05, 0) is 54.8 Å². The lowest BCUT2D eigenvalue weighted by atomic mass is 10.1. The van der Waals surface area contributed by atoms with E-state index < -0.39 is 0 Å². The van der Waals surface area contributed by atoms with Gasteiger partial charge < -0.3 is 4.57 Å². The smallest absolute Gasteiger partial charge is 0.141 e. The van der Waals surface area contributed by atoms with Crippen molar-refractivity contribution in [2.24, 2.45) is 0 Å². The number of nitriles is 1. The van der Waals surface area contributed by atoms with Crippen molar-refractivity contribution in [3.63, 3.8) is 0 Å². The quantitative estimate of drug-likeness (QED) is 0.513. The Balaban J connectivity index is 1.92. The molecule has 0 radical (unpaired) electrons. The highest BCUT2D eigenvalue weighted by Gasteiger charge is 2.14. The van der Waals surface area contributed by atoms with E-state index in [1.807, 2.05) is 42.5 Å². The Kier molecular flexibility index (Phi) is 4.02. The fraction of sp³-hybridized carbons (Fsp3) is 0.130. The molecule has 3 nitrogen and oxygen atoms in total. The Morgan fingerprint density at radius 3 is 2.50 bits per heavy atom. The first-order valence-electron chi connectivity index (χ1n) is 8.68. The second kappa shape index (κ2) is 6.50. The van der Waals surface area contributed by atoms with Crippen molar-refractivity contribution >= 4 is 11.0 Å². The first kappa shape index (κ1) is 16.1. The predicted molar refractivity (Wildman–Crippen MR) is 105 cm³/mol. The standard InChI is InChI=1S/C23H19N3/c1-16-11-12-18(13-17(16)2)23-25-21-9-5-6-10-22(21)26(23)15-20-8-4-3-7-19(20)14-24/h3-13H,15H2,1-2H3. The van der Waals surface area contributed by atoms with Crippen LogP contribution in [0.3, 0.4) is 0 Å². The van der Waals surface area contributed by atoms with Crippen LogP contribution in [-0.2, 0) is 6.54 Å². The Morgan fingerprint density at radius 1 is 0.923 bits per heavy atom. The number of nitrogens with zero attached hydrogens (tertiary/aromatic N) is 3. The van der Waals surface area contributed by atoms with Crippen molar-refractivity contribution in [3.8, 4) is 17.5 Å². The summed E-state index contributed by atoms with van der Waals surface area (Å²) in [7, 11) is 0. The molecule has 0 amide bonds. The van der Waals surface area contributed by atoms with Crippen molar-refractivity contribution in [2.75, 3.05) is 0 Å². The topological polar surface area (TPSA) is 41.6 Å². The maximum absolute atomic E-state index is 9.44. The maximum Gasteiger partial charge on any atom is 0.141 e. The number of rotatable bonds is 3. The molecule has 3 heteroatoms. The number of hydrogen-bond acceptors (Lipinski definition) is 2. The summed E-state index contributed by atoms with van der Waals surface area (Å²) in [4.78, 5) is 4.89. The molecule has 0 spiro atoms. The van der Waals surface area contributed by atoms with Crippen LogP contribution in [-0.4, -0.2) is 9.55 Å². The van der Waals surface area contributed by atoms with Gasteiger partial charge in [-0.2, -0.15) is 5.26 Å². The molecule has 0 N–H and O–H groups in total. The van der Waals surface area contributed by atoms with Crippen LogP contribution in [0.15, 0.2) is 66.7 Å². The van der Waals surface area contributed by atoms with Gasteiger partial charge in [-0.3, -0.25) is 0 Å². The van der Waals surface area contributed by atoms with Gasteiger partial charge in [-0.1, -0.05) is 42.5 Å². The zero-order valence-corrected chi connectivity index (χ0v) is 14.9. The number of imidazole rings is 1. The Hall–Kier alpha value is -3.38. The minimum absolute atomic E-state index is 0.618. The van der Waals surface area contributed by atoms with Gasteiger partial charge in [0.25, 0.3) is 0 Å². The van der Waals surface area contributed by atoms with E-state index in [9.17, 15) is 5.26 Å². The van der Waals surface area contributed by atoms with Crippen molar-refractivity contribution in [1.82, 2.24) is 9.55 Å². The fourth-order valence-electron chi connectivity index (χ4n) is 3.27. The summed E-state index contributed by atoms with van der Waals surface area (Å²) in [5, 5.41) is 9.44. The molecule has 0 saturated heterocycles. The number of para-hydroxylation sites is 2. The largest absolute Gasteiger partial charge is 0.319 e. The zero-order valence-electron chi connectivity index (χ0n) is 14.9. The van der Waals surface area contributed by atoms with Gasteiger partial charge >= 0.3 is 0 Å². The molecule has 1 heterocycles. The second-order valence-electron chi connectivity index (χ2n) is 6.58. The number of benzene rings is 3. The van der Waals surface area contributed by atoms with Crippen molar-refractivity contribution in [1.29, 1.82) is 5.26 Å². The van der Waals surface area contributed by atoms with Gasteiger partial charge in [0, 0.05) is 5.56 Å². The molecule has 0 unspecified atom stereocenters. The Labute approximate surface area is 153 Å². The molecule has 0 atom stereocenters. The first-order valence-corrected chi connectivity index (χ1v) is 8.68. The van der Waals surface area contributed by atoms with Crippen LogP contribution < -0.4 is 0 Å². The normalized spacial score (nSPS) is 10.8. The summed E-state index contributed by atoms with van der Waals surface area (Å²) in [6.07, 6.45) is 0. The minimum atomic E-state index is 0.618. The van der Waals surface area contributed by atoms with Gasteiger partial charge in [0.15, 0.2) is 0 Å². The van der Waals surface area contributed by atoms with Crippen LogP contribution in [0.1, 0.15) is 22.3 Å². The summed E-state index contributed by atoms with van der Waals surface area (Å²) in [6.45, 7) is 4.86. The first-order chi connectivity index (χ1) is 12.7. The van der Waals surface area contributed by atoms with Crippen LogP contribution in [0.25, 0.3) is 22.4 Å². The van der Waals surface area contributed by atoms with Crippen molar-refractivity contribution < 1.29 is 0 Å². The van der Waals surface area contributed by atoms with Gasteiger partial charge in [0.2, 0.25) is 0 Å². The van der Waals surface area contributed by atoms with Crippen molar-refractivity contribution in [3.05, 3.63) is 89.0 Å². The number of aryl methyl sites for hydroxylation is 2. The van der Waals surface area contributed by atoms with Crippen LogP contribution in [0.4, 0.5) is 0 Å². The molecule has 126 valence electrons. The molecule has 0 bridgehead atoms. The van der Waals surface area contributed by atoms with E-state index in [1.165, 1.54) is 11.1 Å². The fourth-order valence-corrected chi connectivity index (χ4v) is 3.27. The van der Waals surface area contributed by atoms with Crippen LogP contribution in [0.5, 0.6) is 0 Å². The number of aromatic nitrogens is 2. The lowest BCUT2D eigenvalue weighted by Gasteiger charge is -2.12. The van der Waals surface area contributed by atoms with Crippen molar-refractivity contribution in [2.45, 2.75) is 20.4 Å². The average Bonchev–Trinajstić information content (AvgIpc) is 3.03. The summed E-state index contributed by atoms with van der Waals surface area (Å²) in [5.74, 6) is 0.932. The highest BCUT2D eigenvalue weighted by atomic mass is 15.1. The lowest BCUT2D eigenvalue weighted by Crippen LogP contribution is -2.04. The molecule has 0 aliphatic carbocycles. The summed E-state index contributed by atoms with van der Waals surface area (Å²) in [6, 6.07) is 24.6. The molecular formula is C23H19N3. The van der Waals surface area contributed by atoms with Gasteiger partial charge in [-0.25, -0.2) is 4.98 Å². The minimum Gasteiger partial charge on any atom is -0.319 e. The molecule has 0 saturated carbocycles. The van der Waals surface area contributed by atoms with E-state index in [0.29, 0.717) is 12.1 Å². The van der Waals surface area contributed by atoms with E-state index in [2.05, 4.69) is 48.7 Å². The van der Waals surface area contributed by atoms with Gasteiger partial charge in [0.05, 0.1) is 29.2 Å². The summed E-state index contributed by atoms with van der Waals surface area (Å²) >= 11 is 0. The molecule has 3 aromatic carbocycles. The highest BCUT2D eigenvalue weighted by molar-refractivity contribution is 5.81. The Bertz CT molecular complexity index is 1150. The van der Waals surface area contributed by atoms with Crippen LogP contribution in [0.2, 0.25) is 0 Å². The number of fused-ring (bicyclic) bond motifs is 1. The van der Waals surface area contributed by atoms with Gasteiger partial charge in [-0.15, -0.1) is 0 Å². The lowest BCUT2D eigenvalue weighted by molar-refractivity contribution is 0.832. The van der Waals surface area contributed by atoms with Gasteiger partial charge in [0.1, 0.15) is 5.82 Å². The average molecular weight is 337 g/mol. The molecule has 26 heavy (non-hydrogen) atoms. The molecule has 0 aliphatic heterocycles. The molecule has 1 aromatic heterocycles. The molecule has 4 rings (SSSR count). The summed E-state index contributed by atoms with van der Waals surface area (Å²) in [5.41, 5.74) is 7.37. The SMILES string of the molecule is Cc1ccc(-c2nc3ccccc3n2Cc2ccccc2C#N)cc1C. The second-order valence-corrected chi connectivity index (χ2v) is 6.58. The molecule has 0 fully saturated rings. The highest BCUT2D eigenvalue weighted by Crippen LogP contribution is 2.27. The van der Waals surface area contributed by atoms with E-state index in [1.54, 1.807) is 0 Å². The third-order valence-electron chi connectivity index (χ3n) is 4.89. The van der Waals surface area contributed by atoms with Crippen LogP contribution >= 0.6 is 0 Å². The zero-order chi connectivity index (χ0) is 18.1. The van der Waals surface area contributed by atoms with E-state index in [4.69, 9.17) is 4.98 Å². The van der Waals surface area contributed by atoms with E-state index >= 15 is 0 Å². The van der Waals surface area contributed by atoms with Crippen LogP contribution in [0, 0.1) is 25.2 Å². The molecule has 0 aliphatic rings. The molecule has 4 aromatic rings. The third kappa shape index (κ3) is 2.76. The maximum atomic E-state index is 9.44. The molecular weight excluding hydrogens is 318 g/mol. The van der Waals surface area contributed by atoms with E-state index in [0.717, 1.165) is 28.0 Å².